The van der Waals surface area contributed by atoms with Crippen LogP contribution in [0.1, 0.15) is 16.8 Å². The molecule has 1 atom stereocenters. The standard InChI is InChI=1S/C27H34BrN5O3S/c1-30-21-29-17-26(30)20-32-19-25(15-22-5-3-2-4-6-22)33(18-23-16-24(28)7-8-27(23)32)37(34,35)14-11-31-9-12-36-13-10-31/h2-8,16-17,21,25H,9-15,18-20H2,1H3/t25-/m1/s1. The van der Waals surface area contributed by atoms with Gasteiger partial charge >= 0.3 is 0 Å². The lowest BCUT2D eigenvalue weighted by molar-refractivity contribution is 0.0406. The van der Waals surface area contributed by atoms with Gasteiger partial charge in [0.2, 0.25) is 10.0 Å². The van der Waals surface area contributed by atoms with Crippen molar-refractivity contribution in [2.24, 2.45) is 7.05 Å². The normalized spacial score (nSPS) is 19.5. The van der Waals surface area contributed by atoms with E-state index in [-0.39, 0.29) is 11.8 Å². The number of sulfonamides is 1. The third-order valence-corrected chi connectivity index (χ3v) is 9.59. The van der Waals surface area contributed by atoms with Crippen molar-refractivity contribution in [2.75, 3.05) is 50.0 Å². The smallest absolute Gasteiger partial charge is 0.215 e. The molecule has 0 aliphatic carbocycles. The molecule has 0 unspecified atom stereocenters. The SMILES string of the molecule is Cn1cncc1CN1C[C@@H](Cc2ccccc2)N(S(=O)(=O)CCN2CCOCC2)Cc2cc(Br)ccc21. The summed E-state index contributed by atoms with van der Waals surface area (Å²) in [4.78, 5) is 8.79. The Morgan fingerprint density at radius 2 is 1.89 bits per heavy atom. The number of fused-ring (bicyclic) bond motifs is 1. The van der Waals surface area contributed by atoms with Gasteiger partial charge in [-0.15, -0.1) is 0 Å². The summed E-state index contributed by atoms with van der Waals surface area (Å²) in [5.74, 6) is 0.101. The second-order valence-electron chi connectivity index (χ2n) is 9.81. The molecule has 1 saturated heterocycles. The molecule has 0 radical (unpaired) electrons. The van der Waals surface area contributed by atoms with Gasteiger partial charge in [-0.05, 0) is 35.7 Å². The molecule has 1 fully saturated rings. The molecule has 3 aromatic rings. The first-order valence-electron chi connectivity index (χ1n) is 12.7. The van der Waals surface area contributed by atoms with Gasteiger partial charge in [-0.1, -0.05) is 46.3 Å². The van der Waals surface area contributed by atoms with Gasteiger partial charge in [-0.2, -0.15) is 4.31 Å². The Labute approximate surface area is 228 Å². The number of hydrogen-bond donors (Lipinski definition) is 0. The Morgan fingerprint density at radius 1 is 1.11 bits per heavy atom. The molecule has 0 bridgehead atoms. The molecule has 2 aliphatic heterocycles. The average molecular weight is 589 g/mol. The first kappa shape index (κ1) is 26.4. The van der Waals surface area contributed by atoms with Gasteiger partial charge < -0.3 is 14.2 Å². The molecule has 3 heterocycles. The molecule has 37 heavy (non-hydrogen) atoms. The topological polar surface area (TPSA) is 70.9 Å². The Morgan fingerprint density at radius 3 is 2.62 bits per heavy atom. The number of halogens is 1. The molecular weight excluding hydrogens is 554 g/mol. The van der Waals surface area contributed by atoms with E-state index in [0.717, 1.165) is 40.1 Å². The van der Waals surface area contributed by atoms with Crippen LogP contribution < -0.4 is 4.90 Å². The average Bonchev–Trinajstić information content (AvgIpc) is 3.23. The molecule has 0 N–H and O–H groups in total. The highest BCUT2D eigenvalue weighted by molar-refractivity contribution is 9.10. The number of aromatic nitrogens is 2. The number of ether oxygens (including phenoxy) is 1. The Balaban J connectivity index is 1.49. The predicted octanol–water partition coefficient (Wildman–Crippen LogP) is 3.28. The second kappa shape index (κ2) is 11.7. The van der Waals surface area contributed by atoms with Crippen LogP contribution in [0.15, 0.2) is 65.5 Å². The summed E-state index contributed by atoms with van der Waals surface area (Å²) in [6, 6.07) is 16.2. The minimum atomic E-state index is -3.53. The minimum absolute atomic E-state index is 0.101. The van der Waals surface area contributed by atoms with Crippen LogP contribution in [0, 0.1) is 0 Å². The summed E-state index contributed by atoms with van der Waals surface area (Å²) < 4.78 is 38.1. The van der Waals surface area contributed by atoms with Crippen molar-refractivity contribution >= 4 is 31.6 Å². The molecule has 198 valence electrons. The molecule has 0 saturated carbocycles. The van der Waals surface area contributed by atoms with Crippen molar-refractivity contribution in [3.8, 4) is 0 Å². The van der Waals surface area contributed by atoms with E-state index in [2.05, 4.69) is 55.0 Å². The Bertz CT molecular complexity index is 1290. The molecule has 0 amide bonds. The van der Waals surface area contributed by atoms with Gasteiger partial charge in [0.25, 0.3) is 0 Å². The van der Waals surface area contributed by atoms with E-state index in [1.165, 1.54) is 0 Å². The number of hydrogen-bond acceptors (Lipinski definition) is 6. The second-order valence-corrected chi connectivity index (χ2v) is 12.8. The molecule has 5 rings (SSSR count). The number of imidazole rings is 1. The van der Waals surface area contributed by atoms with Crippen LogP contribution in [0.5, 0.6) is 0 Å². The molecule has 0 spiro atoms. The van der Waals surface area contributed by atoms with Gasteiger partial charge in [0, 0.05) is 62.2 Å². The van der Waals surface area contributed by atoms with Gasteiger partial charge in [0.05, 0.1) is 37.5 Å². The third-order valence-electron chi connectivity index (χ3n) is 7.26. The number of nitrogens with zero attached hydrogens (tertiary/aromatic N) is 5. The van der Waals surface area contributed by atoms with E-state index in [1.54, 1.807) is 10.6 Å². The maximum Gasteiger partial charge on any atom is 0.215 e. The molecule has 8 nitrogen and oxygen atoms in total. The van der Waals surface area contributed by atoms with Crippen LogP contribution in [0.3, 0.4) is 0 Å². The zero-order valence-electron chi connectivity index (χ0n) is 21.2. The molecule has 1 aromatic heterocycles. The van der Waals surface area contributed by atoms with Crippen molar-refractivity contribution in [3.63, 3.8) is 0 Å². The highest BCUT2D eigenvalue weighted by Crippen LogP contribution is 2.33. The summed E-state index contributed by atoms with van der Waals surface area (Å²) in [5.41, 5.74) is 4.28. The lowest BCUT2D eigenvalue weighted by Crippen LogP contribution is -2.48. The lowest BCUT2D eigenvalue weighted by Gasteiger charge is -2.33. The van der Waals surface area contributed by atoms with E-state index < -0.39 is 10.0 Å². The van der Waals surface area contributed by atoms with Crippen LogP contribution in [-0.2, 0) is 41.3 Å². The minimum Gasteiger partial charge on any atom is -0.379 e. The molecule has 2 aromatic carbocycles. The summed E-state index contributed by atoms with van der Waals surface area (Å²) in [6.45, 7) is 4.97. The summed E-state index contributed by atoms with van der Waals surface area (Å²) >= 11 is 3.61. The number of rotatable bonds is 8. The van der Waals surface area contributed by atoms with Crippen LogP contribution in [-0.4, -0.2) is 78.4 Å². The van der Waals surface area contributed by atoms with Gasteiger partial charge in [-0.3, -0.25) is 4.90 Å². The van der Waals surface area contributed by atoms with E-state index in [1.807, 2.05) is 42.1 Å². The van der Waals surface area contributed by atoms with Gasteiger partial charge in [-0.25, -0.2) is 13.4 Å². The zero-order valence-corrected chi connectivity index (χ0v) is 23.6. The van der Waals surface area contributed by atoms with E-state index in [4.69, 9.17) is 4.74 Å². The summed E-state index contributed by atoms with van der Waals surface area (Å²) in [5, 5.41) is 0. The van der Waals surface area contributed by atoms with Crippen molar-refractivity contribution in [1.29, 1.82) is 0 Å². The van der Waals surface area contributed by atoms with Gasteiger partial charge in [0.1, 0.15) is 0 Å². The lowest BCUT2D eigenvalue weighted by atomic mass is 10.1. The van der Waals surface area contributed by atoms with E-state index in [0.29, 0.717) is 45.8 Å². The molecule has 10 heteroatoms. The fraction of sp³-hybridized carbons (Fsp3) is 0.444. The first-order valence-corrected chi connectivity index (χ1v) is 15.1. The summed E-state index contributed by atoms with van der Waals surface area (Å²) in [7, 11) is -1.54. The van der Waals surface area contributed by atoms with Crippen molar-refractivity contribution in [1.82, 2.24) is 18.8 Å². The number of anilines is 1. The van der Waals surface area contributed by atoms with Crippen LogP contribution in [0.25, 0.3) is 0 Å². The number of morpholine rings is 1. The van der Waals surface area contributed by atoms with E-state index in [9.17, 15) is 8.42 Å². The van der Waals surface area contributed by atoms with Crippen LogP contribution in [0.2, 0.25) is 0 Å². The monoisotopic (exact) mass is 587 g/mol. The largest absolute Gasteiger partial charge is 0.379 e. The quantitative estimate of drug-likeness (QED) is 0.403. The van der Waals surface area contributed by atoms with Crippen molar-refractivity contribution < 1.29 is 13.2 Å². The van der Waals surface area contributed by atoms with Crippen LogP contribution >= 0.6 is 15.9 Å². The fourth-order valence-corrected chi connectivity index (χ4v) is 7.24. The van der Waals surface area contributed by atoms with Gasteiger partial charge in [0.15, 0.2) is 0 Å². The highest BCUT2D eigenvalue weighted by Gasteiger charge is 2.36. The van der Waals surface area contributed by atoms with E-state index >= 15 is 0 Å². The van der Waals surface area contributed by atoms with Crippen molar-refractivity contribution in [2.45, 2.75) is 25.6 Å². The Kier molecular flexibility index (Phi) is 8.31. The highest BCUT2D eigenvalue weighted by atomic mass is 79.9. The third kappa shape index (κ3) is 6.43. The first-order chi connectivity index (χ1) is 17.9. The number of aryl methyl sites for hydroxylation is 1. The number of benzene rings is 2. The maximum atomic E-state index is 14.0. The maximum absolute atomic E-state index is 14.0. The van der Waals surface area contributed by atoms with Crippen LogP contribution in [0.4, 0.5) is 5.69 Å². The fourth-order valence-electron chi connectivity index (χ4n) is 5.18. The predicted molar refractivity (Wildman–Crippen MR) is 149 cm³/mol. The molecule has 2 aliphatic rings. The zero-order chi connectivity index (χ0) is 25.8. The Hall–Kier alpha value is -2.24. The summed E-state index contributed by atoms with van der Waals surface area (Å²) in [6.07, 6.45) is 4.33. The molecular formula is C27H34BrN5O3S. The van der Waals surface area contributed by atoms with Crippen molar-refractivity contribution in [3.05, 3.63) is 82.3 Å².